The molecule has 152 valence electrons. The van der Waals surface area contributed by atoms with Gasteiger partial charge in [0.25, 0.3) is 0 Å². The largest absolute Gasteiger partial charge is 0.382 e. The molecule has 0 radical (unpaired) electrons. The summed E-state index contributed by atoms with van der Waals surface area (Å²) < 4.78 is 2.09. The van der Waals surface area contributed by atoms with Crippen LogP contribution < -0.4 is 16.0 Å². The summed E-state index contributed by atoms with van der Waals surface area (Å²) in [5.74, 6) is 1.43. The van der Waals surface area contributed by atoms with E-state index < -0.39 is 0 Å². The Morgan fingerprint density at radius 1 is 1.10 bits per heavy atom. The minimum absolute atomic E-state index is 0.435. The monoisotopic (exact) mass is 392 g/mol. The minimum Gasteiger partial charge on any atom is -0.382 e. The first-order valence-corrected chi connectivity index (χ1v) is 10.7. The standard InChI is InChI=1S/C21H28N8/c1-2-17-21(28-9-3-4-10-28)27-18-16(12-24-20(22)19(18)26-17)14-11-25-29(13-14)15-5-7-23-8-6-15/h11-13,15,23H,2-10H2,1H3,(H2,22,24). The molecule has 0 aliphatic carbocycles. The van der Waals surface area contributed by atoms with Crippen LogP contribution in [0, 0.1) is 0 Å². The second-order valence-corrected chi connectivity index (χ2v) is 7.99. The molecule has 0 spiro atoms. The summed E-state index contributed by atoms with van der Waals surface area (Å²) in [4.78, 5) is 16.8. The van der Waals surface area contributed by atoms with Gasteiger partial charge in [-0.05, 0) is 45.2 Å². The molecule has 29 heavy (non-hydrogen) atoms. The number of pyridine rings is 1. The molecule has 0 amide bonds. The zero-order chi connectivity index (χ0) is 19.8. The van der Waals surface area contributed by atoms with Crippen LogP contribution >= 0.6 is 0 Å². The number of nitrogens with zero attached hydrogens (tertiary/aromatic N) is 6. The first-order chi connectivity index (χ1) is 14.2. The normalized spacial score (nSPS) is 18.0. The summed E-state index contributed by atoms with van der Waals surface area (Å²) in [6.07, 6.45) is 11.3. The fourth-order valence-electron chi connectivity index (χ4n) is 4.46. The smallest absolute Gasteiger partial charge is 0.151 e. The molecular weight excluding hydrogens is 364 g/mol. The van der Waals surface area contributed by atoms with Crippen molar-refractivity contribution in [2.24, 2.45) is 0 Å². The van der Waals surface area contributed by atoms with E-state index in [1.54, 1.807) is 0 Å². The second kappa shape index (κ2) is 7.59. The van der Waals surface area contributed by atoms with Crippen molar-refractivity contribution in [3.8, 4) is 11.1 Å². The first kappa shape index (κ1) is 18.3. The number of piperidine rings is 1. The Morgan fingerprint density at radius 3 is 2.66 bits per heavy atom. The molecule has 3 aromatic rings. The van der Waals surface area contributed by atoms with Crippen LogP contribution in [-0.4, -0.2) is 50.9 Å². The van der Waals surface area contributed by atoms with Crippen LogP contribution in [0.15, 0.2) is 18.6 Å². The lowest BCUT2D eigenvalue weighted by Crippen LogP contribution is -2.29. The van der Waals surface area contributed by atoms with E-state index >= 15 is 0 Å². The summed E-state index contributed by atoms with van der Waals surface area (Å²) in [5.41, 5.74) is 10.7. The zero-order valence-corrected chi connectivity index (χ0v) is 16.9. The number of anilines is 2. The van der Waals surface area contributed by atoms with Gasteiger partial charge in [0.15, 0.2) is 11.6 Å². The van der Waals surface area contributed by atoms with Crippen LogP contribution in [0.25, 0.3) is 22.2 Å². The van der Waals surface area contributed by atoms with Crippen molar-refractivity contribution in [2.75, 3.05) is 36.8 Å². The van der Waals surface area contributed by atoms with Crippen molar-refractivity contribution in [2.45, 2.75) is 45.1 Å². The Hall–Kier alpha value is -2.74. The summed E-state index contributed by atoms with van der Waals surface area (Å²) in [5, 5.41) is 8.06. The van der Waals surface area contributed by atoms with E-state index in [0.717, 1.165) is 73.6 Å². The third kappa shape index (κ3) is 3.31. The number of nitrogens with one attached hydrogen (secondary N) is 1. The molecule has 0 bridgehead atoms. The fourth-order valence-corrected chi connectivity index (χ4v) is 4.46. The quantitative estimate of drug-likeness (QED) is 0.704. The maximum Gasteiger partial charge on any atom is 0.151 e. The number of fused-ring (bicyclic) bond motifs is 1. The van der Waals surface area contributed by atoms with E-state index in [2.05, 4.69) is 38.1 Å². The van der Waals surface area contributed by atoms with Gasteiger partial charge in [-0.25, -0.2) is 15.0 Å². The molecule has 2 saturated heterocycles. The molecule has 5 rings (SSSR count). The molecule has 8 heteroatoms. The third-order valence-electron chi connectivity index (χ3n) is 6.11. The third-order valence-corrected chi connectivity index (χ3v) is 6.11. The van der Waals surface area contributed by atoms with Gasteiger partial charge in [0.05, 0.1) is 17.9 Å². The average Bonchev–Trinajstić information content (AvgIpc) is 3.46. The predicted octanol–water partition coefficient (Wildman–Crippen LogP) is 2.56. The molecule has 2 aliphatic heterocycles. The molecule has 0 saturated carbocycles. The van der Waals surface area contributed by atoms with Gasteiger partial charge in [-0.2, -0.15) is 5.10 Å². The van der Waals surface area contributed by atoms with Crippen LogP contribution in [0.2, 0.25) is 0 Å². The number of hydrogen-bond acceptors (Lipinski definition) is 7. The first-order valence-electron chi connectivity index (χ1n) is 10.7. The average molecular weight is 393 g/mol. The van der Waals surface area contributed by atoms with Gasteiger partial charge in [-0.15, -0.1) is 0 Å². The molecule has 3 N–H and O–H groups in total. The number of rotatable bonds is 4. The maximum atomic E-state index is 6.20. The Morgan fingerprint density at radius 2 is 1.90 bits per heavy atom. The highest BCUT2D eigenvalue weighted by atomic mass is 15.3. The van der Waals surface area contributed by atoms with E-state index in [1.807, 2.05) is 12.4 Å². The Kier molecular flexibility index (Phi) is 4.79. The van der Waals surface area contributed by atoms with E-state index in [4.69, 9.17) is 15.7 Å². The van der Waals surface area contributed by atoms with Gasteiger partial charge >= 0.3 is 0 Å². The van der Waals surface area contributed by atoms with Gasteiger partial charge in [0, 0.05) is 36.6 Å². The molecule has 8 nitrogen and oxygen atoms in total. The summed E-state index contributed by atoms with van der Waals surface area (Å²) in [7, 11) is 0. The predicted molar refractivity (Wildman–Crippen MR) is 115 cm³/mol. The lowest BCUT2D eigenvalue weighted by atomic mass is 10.1. The van der Waals surface area contributed by atoms with Crippen LogP contribution in [0.4, 0.5) is 11.6 Å². The van der Waals surface area contributed by atoms with Gasteiger partial charge in [-0.1, -0.05) is 6.92 Å². The van der Waals surface area contributed by atoms with Gasteiger partial charge in [-0.3, -0.25) is 4.68 Å². The van der Waals surface area contributed by atoms with Crippen molar-refractivity contribution in [3.63, 3.8) is 0 Å². The van der Waals surface area contributed by atoms with Gasteiger partial charge in [0.1, 0.15) is 11.0 Å². The van der Waals surface area contributed by atoms with E-state index in [1.165, 1.54) is 12.8 Å². The van der Waals surface area contributed by atoms with E-state index in [0.29, 0.717) is 17.4 Å². The summed E-state index contributed by atoms with van der Waals surface area (Å²) in [6, 6.07) is 0.441. The number of aryl methyl sites for hydroxylation is 1. The minimum atomic E-state index is 0.435. The molecule has 0 atom stereocenters. The van der Waals surface area contributed by atoms with Crippen molar-refractivity contribution in [1.29, 1.82) is 0 Å². The lowest BCUT2D eigenvalue weighted by Gasteiger charge is -2.22. The molecular formula is C21H28N8. The van der Waals surface area contributed by atoms with E-state index in [9.17, 15) is 0 Å². The maximum absolute atomic E-state index is 6.20. The fraction of sp³-hybridized carbons (Fsp3) is 0.524. The van der Waals surface area contributed by atoms with Crippen molar-refractivity contribution < 1.29 is 0 Å². The van der Waals surface area contributed by atoms with Crippen LogP contribution in [0.3, 0.4) is 0 Å². The molecule has 2 fully saturated rings. The SMILES string of the molecule is CCc1nc2c(N)ncc(-c3cnn(C4CCNCC4)c3)c2nc1N1CCCC1. The van der Waals surface area contributed by atoms with Crippen LogP contribution in [0.5, 0.6) is 0 Å². The Bertz CT molecular complexity index is 1010. The second-order valence-electron chi connectivity index (χ2n) is 7.99. The van der Waals surface area contributed by atoms with Crippen molar-refractivity contribution in [1.82, 2.24) is 30.0 Å². The number of hydrogen-bond donors (Lipinski definition) is 2. The van der Waals surface area contributed by atoms with Crippen LogP contribution in [-0.2, 0) is 6.42 Å². The molecule has 2 aliphatic rings. The number of nitrogens with two attached hydrogens (primary N) is 1. The zero-order valence-electron chi connectivity index (χ0n) is 16.9. The highest BCUT2D eigenvalue weighted by molar-refractivity contribution is 5.96. The lowest BCUT2D eigenvalue weighted by molar-refractivity contribution is 0.343. The van der Waals surface area contributed by atoms with Crippen LogP contribution in [0.1, 0.15) is 44.3 Å². The molecule has 0 aromatic carbocycles. The Labute approximate surface area is 170 Å². The molecule has 0 unspecified atom stereocenters. The van der Waals surface area contributed by atoms with Gasteiger partial charge in [0.2, 0.25) is 0 Å². The highest BCUT2D eigenvalue weighted by Crippen LogP contribution is 2.33. The molecule has 3 aromatic heterocycles. The summed E-state index contributed by atoms with van der Waals surface area (Å²) in [6.45, 7) is 6.27. The molecule has 5 heterocycles. The number of nitrogen functional groups attached to an aromatic ring is 1. The van der Waals surface area contributed by atoms with Crippen molar-refractivity contribution in [3.05, 3.63) is 24.3 Å². The Balaban J connectivity index is 1.61. The van der Waals surface area contributed by atoms with Crippen molar-refractivity contribution >= 4 is 22.7 Å². The number of aromatic nitrogens is 5. The van der Waals surface area contributed by atoms with Gasteiger partial charge < -0.3 is 16.0 Å². The topological polar surface area (TPSA) is 97.8 Å². The summed E-state index contributed by atoms with van der Waals surface area (Å²) >= 11 is 0. The highest BCUT2D eigenvalue weighted by Gasteiger charge is 2.22. The van der Waals surface area contributed by atoms with E-state index in [-0.39, 0.29) is 0 Å².